The van der Waals surface area contributed by atoms with E-state index in [9.17, 15) is 24.0 Å². The van der Waals surface area contributed by atoms with Crippen molar-refractivity contribution in [3.05, 3.63) is 138 Å². The summed E-state index contributed by atoms with van der Waals surface area (Å²) in [6.45, 7) is 4.20. The number of hydrogen-bond donors (Lipinski definition) is 4. The zero-order valence-electron chi connectivity index (χ0n) is 31.8. The third-order valence-electron chi connectivity index (χ3n) is 7.86. The number of carbonyl (C=O) groups is 5. The van der Waals surface area contributed by atoms with Gasteiger partial charge in [-0.25, -0.2) is 24.1 Å². The van der Waals surface area contributed by atoms with Crippen LogP contribution in [0.5, 0.6) is 5.75 Å². The molecule has 0 saturated carbocycles. The van der Waals surface area contributed by atoms with Crippen molar-refractivity contribution in [3.63, 3.8) is 0 Å². The van der Waals surface area contributed by atoms with Gasteiger partial charge in [0.15, 0.2) is 6.61 Å². The predicted molar refractivity (Wildman–Crippen MR) is 214 cm³/mol. The number of hydrogen-bond acceptors (Lipinski definition) is 11. The fraction of sp³-hybridized carbons (Fsp3) is 0.286. The van der Waals surface area contributed by atoms with Gasteiger partial charge in [0.25, 0.3) is 0 Å². The Hall–Kier alpha value is -6.35. The fourth-order valence-electron chi connectivity index (χ4n) is 5.21. The van der Waals surface area contributed by atoms with Crippen LogP contribution in [0.25, 0.3) is 0 Å². The number of nitrogens with one attached hydrogen (secondary N) is 3. The number of alkyl carbamates (subject to hydrolysis) is 2. The Labute approximate surface area is 335 Å². The van der Waals surface area contributed by atoms with Gasteiger partial charge in [-0.05, 0) is 68.0 Å². The molecule has 0 radical (unpaired) electrons. The quantitative estimate of drug-likeness (QED) is 0.0494. The molecular weight excluding hydrogens is 753 g/mol. The van der Waals surface area contributed by atoms with Gasteiger partial charge in [0.1, 0.15) is 30.6 Å². The van der Waals surface area contributed by atoms with Crippen molar-refractivity contribution in [2.24, 2.45) is 0 Å². The molecule has 57 heavy (non-hydrogen) atoms. The number of ether oxygens (including phenoxy) is 4. The van der Waals surface area contributed by atoms with Crippen LogP contribution in [0.1, 0.15) is 61.1 Å². The van der Waals surface area contributed by atoms with Crippen LogP contribution in [-0.4, -0.2) is 70.1 Å². The fourth-order valence-corrected chi connectivity index (χ4v) is 6.37. The summed E-state index contributed by atoms with van der Waals surface area (Å²) >= 11 is 0.967. The molecule has 4 rings (SSSR count). The van der Waals surface area contributed by atoms with Crippen molar-refractivity contribution in [3.8, 4) is 5.75 Å². The number of amides is 3. The van der Waals surface area contributed by atoms with Gasteiger partial charge in [-0.1, -0.05) is 115 Å². The van der Waals surface area contributed by atoms with Crippen LogP contribution in [0, 0.1) is 5.41 Å². The summed E-state index contributed by atoms with van der Waals surface area (Å²) in [4.78, 5) is 65.1. The second kappa shape index (κ2) is 21.7. The third-order valence-corrected chi connectivity index (χ3v) is 9.16. The molecule has 0 saturated heterocycles. The summed E-state index contributed by atoms with van der Waals surface area (Å²) in [5.74, 6) is -1.39. The molecule has 4 aromatic carbocycles. The van der Waals surface area contributed by atoms with Gasteiger partial charge in [0.2, 0.25) is 11.1 Å². The first kappa shape index (κ1) is 43.4. The number of rotatable bonds is 16. The first-order chi connectivity index (χ1) is 27.3. The Bertz CT molecular complexity index is 1940. The Kier molecular flexibility index (Phi) is 16.5. The zero-order chi connectivity index (χ0) is 41.2. The van der Waals surface area contributed by atoms with E-state index in [1.807, 2.05) is 42.5 Å². The molecule has 0 heterocycles. The van der Waals surface area contributed by atoms with Gasteiger partial charge in [0.05, 0.1) is 5.25 Å². The van der Waals surface area contributed by atoms with Gasteiger partial charge < -0.3 is 29.4 Å². The molecule has 0 spiro atoms. The van der Waals surface area contributed by atoms with E-state index in [0.29, 0.717) is 16.9 Å². The molecule has 0 aliphatic rings. The lowest BCUT2D eigenvalue weighted by Gasteiger charge is -2.26. The largest absolute Gasteiger partial charge is 0.482 e. The average molecular weight is 799 g/mol. The average Bonchev–Trinajstić information content (AvgIpc) is 3.19. The lowest BCUT2D eigenvalue weighted by atomic mass is 10.0. The number of aliphatic carboxylic acids is 1. The van der Waals surface area contributed by atoms with Crippen molar-refractivity contribution in [2.75, 3.05) is 13.2 Å². The number of carbonyl (C=O) groups excluding carboxylic acids is 4. The van der Waals surface area contributed by atoms with E-state index in [1.54, 1.807) is 93.6 Å². The molecule has 0 aliphatic heterocycles. The maximum Gasteiger partial charge on any atom is 0.416 e. The number of guanidine groups is 1. The Morgan fingerprint density at radius 1 is 0.754 bits per heavy atom. The van der Waals surface area contributed by atoms with Crippen molar-refractivity contribution >= 4 is 47.1 Å². The van der Waals surface area contributed by atoms with Crippen LogP contribution in [0.15, 0.2) is 115 Å². The smallest absolute Gasteiger partial charge is 0.416 e. The van der Waals surface area contributed by atoms with Crippen molar-refractivity contribution in [1.29, 1.82) is 5.41 Å². The van der Waals surface area contributed by atoms with E-state index in [1.165, 1.54) is 0 Å². The second-order valence-electron chi connectivity index (χ2n) is 13.5. The molecule has 2 atom stereocenters. The van der Waals surface area contributed by atoms with Crippen LogP contribution in [0.4, 0.5) is 14.4 Å². The first-order valence-electron chi connectivity index (χ1n) is 18.0. The molecule has 0 bridgehead atoms. The standard InChI is InChI=1S/C42H46N4O10S/c1-42(2,3)56-40(51)44-34(37(49)57-36(31-18-11-6-12-19-31)32-21-23-33(24-22-32)53-28-35(47)48)20-13-25-46(41(52)55-27-30-16-9-5-10-17-30)38(43)45-39(50)54-26-29-14-7-4-8-15-29/h4-12,14-19,21-24,34,36H,13,20,25-28H2,1-3H3,(H,44,51)(H,47,48)(H2,43,45,50)/t34-,36?/m0/s1. The number of carboxylic acid groups (broad SMARTS) is 1. The molecule has 300 valence electrons. The highest BCUT2D eigenvalue weighted by molar-refractivity contribution is 8.14. The minimum absolute atomic E-state index is 0.00273. The summed E-state index contributed by atoms with van der Waals surface area (Å²) in [5, 5.41) is 21.6. The van der Waals surface area contributed by atoms with Crippen molar-refractivity contribution in [1.82, 2.24) is 15.5 Å². The van der Waals surface area contributed by atoms with Crippen LogP contribution < -0.4 is 15.4 Å². The summed E-state index contributed by atoms with van der Waals surface area (Å²) in [6, 6.07) is 32.7. The molecule has 15 heteroatoms. The maximum absolute atomic E-state index is 14.2. The lowest BCUT2D eigenvalue weighted by Crippen LogP contribution is -2.48. The normalized spacial score (nSPS) is 11.9. The van der Waals surface area contributed by atoms with E-state index >= 15 is 0 Å². The van der Waals surface area contributed by atoms with Crippen LogP contribution >= 0.6 is 11.8 Å². The van der Waals surface area contributed by atoms with Gasteiger partial charge in [-0.15, -0.1) is 0 Å². The van der Waals surface area contributed by atoms with Crippen LogP contribution in [0.2, 0.25) is 0 Å². The maximum atomic E-state index is 14.2. The van der Waals surface area contributed by atoms with Crippen molar-refractivity contribution < 1.29 is 48.0 Å². The molecule has 0 aromatic heterocycles. The minimum Gasteiger partial charge on any atom is -0.482 e. The lowest BCUT2D eigenvalue weighted by molar-refractivity contribution is -0.139. The van der Waals surface area contributed by atoms with Crippen molar-refractivity contribution in [2.45, 2.75) is 63.7 Å². The molecule has 0 fully saturated rings. The summed E-state index contributed by atoms with van der Waals surface area (Å²) in [5.41, 5.74) is 2.06. The topological polar surface area (TPSA) is 194 Å². The molecule has 1 unspecified atom stereocenters. The van der Waals surface area contributed by atoms with Gasteiger partial charge in [-0.2, -0.15) is 0 Å². The van der Waals surface area contributed by atoms with Crippen LogP contribution in [-0.2, 0) is 37.0 Å². The summed E-state index contributed by atoms with van der Waals surface area (Å²) in [6.07, 6.45) is -2.64. The van der Waals surface area contributed by atoms with E-state index in [-0.39, 0.29) is 32.6 Å². The molecule has 4 N–H and O–H groups in total. The predicted octanol–water partition coefficient (Wildman–Crippen LogP) is 7.67. The van der Waals surface area contributed by atoms with Gasteiger partial charge >= 0.3 is 24.2 Å². The zero-order valence-corrected chi connectivity index (χ0v) is 32.7. The highest BCUT2D eigenvalue weighted by Crippen LogP contribution is 2.38. The second-order valence-corrected chi connectivity index (χ2v) is 14.7. The van der Waals surface area contributed by atoms with E-state index < -0.39 is 58.8 Å². The molecule has 4 aromatic rings. The van der Waals surface area contributed by atoms with E-state index in [4.69, 9.17) is 29.5 Å². The van der Waals surface area contributed by atoms with E-state index in [2.05, 4.69) is 10.6 Å². The third kappa shape index (κ3) is 15.4. The highest BCUT2D eigenvalue weighted by Gasteiger charge is 2.30. The van der Waals surface area contributed by atoms with Crippen LogP contribution in [0.3, 0.4) is 0 Å². The summed E-state index contributed by atoms with van der Waals surface area (Å²) in [7, 11) is 0. The molecule has 3 amide bonds. The number of benzene rings is 4. The number of thioether (sulfide) groups is 1. The Morgan fingerprint density at radius 3 is 1.86 bits per heavy atom. The molecule has 14 nitrogen and oxygen atoms in total. The minimum atomic E-state index is -1.12. The highest BCUT2D eigenvalue weighted by atomic mass is 32.2. The Morgan fingerprint density at radius 2 is 1.30 bits per heavy atom. The SMILES string of the molecule is CC(C)(C)OC(=O)N[C@@H](CCCN(C(=N)NC(=O)OCc1ccccc1)C(=O)OCc1ccccc1)C(=O)SC(c1ccccc1)c1ccc(OCC(=O)O)cc1. The van der Waals surface area contributed by atoms with Gasteiger partial charge in [-0.3, -0.25) is 15.5 Å². The molecule has 0 aliphatic carbocycles. The number of nitrogens with zero attached hydrogens (tertiary/aromatic N) is 1. The monoisotopic (exact) mass is 798 g/mol. The van der Waals surface area contributed by atoms with E-state index in [0.717, 1.165) is 27.8 Å². The van der Waals surface area contributed by atoms with Gasteiger partial charge in [0, 0.05) is 6.54 Å². The summed E-state index contributed by atoms with van der Waals surface area (Å²) < 4.78 is 21.5. The number of carboxylic acids is 1. The first-order valence-corrected chi connectivity index (χ1v) is 18.9. The molecular formula is C42H46N4O10S. The Balaban J connectivity index is 1.52.